The lowest BCUT2D eigenvalue weighted by molar-refractivity contribution is 0.281. The molecule has 2 rings (SSSR count). The van der Waals surface area contributed by atoms with Crippen molar-refractivity contribution < 1.29 is 9.26 Å². The molecule has 1 N–H and O–H groups in total. The van der Waals surface area contributed by atoms with Crippen LogP contribution in [0.15, 0.2) is 29.1 Å². The highest BCUT2D eigenvalue weighted by Gasteiger charge is 2.11. The molecule has 96 valence electrons. The number of hydrogen-bond acceptors (Lipinski definition) is 5. The third-order valence-corrected chi connectivity index (χ3v) is 2.83. The molecule has 5 nitrogen and oxygen atoms in total. The molecule has 1 heterocycles. The Morgan fingerprint density at radius 2 is 2.28 bits per heavy atom. The van der Waals surface area contributed by atoms with E-state index in [0.29, 0.717) is 12.4 Å². The Hall–Kier alpha value is -1.88. The van der Waals surface area contributed by atoms with Gasteiger partial charge in [0.15, 0.2) is 6.61 Å². The SMILES string of the molecule is CNC(C)c1ccc(C)cc1OCc1ncon1. The molecule has 1 aromatic carbocycles. The molecule has 0 saturated heterocycles. The highest BCUT2D eigenvalue weighted by Crippen LogP contribution is 2.26. The highest BCUT2D eigenvalue weighted by atomic mass is 16.5. The van der Waals surface area contributed by atoms with Gasteiger partial charge in [-0.1, -0.05) is 17.3 Å². The first-order valence-electron chi connectivity index (χ1n) is 5.86. The van der Waals surface area contributed by atoms with Crippen LogP contribution in [0.5, 0.6) is 5.75 Å². The van der Waals surface area contributed by atoms with Gasteiger partial charge in [-0.15, -0.1) is 0 Å². The number of nitrogens with zero attached hydrogens (tertiary/aromatic N) is 2. The van der Waals surface area contributed by atoms with E-state index in [1.165, 1.54) is 6.39 Å². The lowest BCUT2D eigenvalue weighted by Crippen LogP contribution is -2.14. The summed E-state index contributed by atoms with van der Waals surface area (Å²) in [6.07, 6.45) is 1.30. The Morgan fingerprint density at radius 1 is 1.44 bits per heavy atom. The summed E-state index contributed by atoms with van der Waals surface area (Å²) in [5.41, 5.74) is 2.27. The molecule has 2 aromatic rings. The monoisotopic (exact) mass is 247 g/mol. The highest BCUT2D eigenvalue weighted by molar-refractivity contribution is 5.39. The van der Waals surface area contributed by atoms with Gasteiger partial charge in [-0.25, -0.2) is 0 Å². The van der Waals surface area contributed by atoms with Gasteiger partial charge in [0.1, 0.15) is 5.75 Å². The topological polar surface area (TPSA) is 60.2 Å². The molecule has 0 bridgehead atoms. The number of aromatic nitrogens is 2. The molecule has 5 heteroatoms. The summed E-state index contributed by atoms with van der Waals surface area (Å²) in [5.74, 6) is 1.39. The van der Waals surface area contributed by atoms with Crippen LogP contribution in [0.3, 0.4) is 0 Å². The van der Waals surface area contributed by atoms with E-state index in [4.69, 9.17) is 4.74 Å². The minimum atomic E-state index is 0.228. The summed E-state index contributed by atoms with van der Waals surface area (Å²) in [4.78, 5) is 3.93. The van der Waals surface area contributed by atoms with Crippen LogP contribution in [-0.2, 0) is 6.61 Å². The number of benzene rings is 1. The summed E-state index contributed by atoms with van der Waals surface area (Å²) in [6, 6.07) is 6.39. The van der Waals surface area contributed by atoms with Gasteiger partial charge in [-0.3, -0.25) is 0 Å². The summed E-state index contributed by atoms with van der Waals surface area (Å²) in [6.45, 7) is 4.43. The maximum absolute atomic E-state index is 5.76. The summed E-state index contributed by atoms with van der Waals surface area (Å²) in [7, 11) is 1.92. The van der Waals surface area contributed by atoms with E-state index in [9.17, 15) is 0 Å². The van der Waals surface area contributed by atoms with Crippen LogP contribution in [0.25, 0.3) is 0 Å². The van der Waals surface area contributed by atoms with Gasteiger partial charge < -0.3 is 14.6 Å². The zero-order valence-electron chi connectivity index (χ0n) is 10.8. The second-order valence-electron chi connectivity index (χ2n) is 4.19. The Morgan fingerprint density at radius 3 is 2.94 bits per heavy atom. The fourth-order valence-corrected chi connectivity index (χ4v) is 1.68. The van der Waals surface area contributed by atoms with E-state index >= 15 is 0 Å². The van der Waals surface area contributed by atoms with Crippen molar-refractivity contribution in [2.45, 2.75) is 26.5 Å². The maximum Gasteiger partial charge on any atom is 0.213 e. The molecule has 0 aliphatic rings. The lowest BCUT2D eigenvalue weighted by atomic mass is 10.1. The third-order valence-electron chi connectivity index (χ3n) is 2.83. The predicted octanol–water partition coefficient (Wildman–Crippen LogP) is 2.24. The molecular weight excluding hydrogens is 230 g/mol. The molecule has 0 fully saturated rings. The smallest absolute Gasteiger partial charge is 0.213 e. The number of aryl methyl sites for hydroxylation is 1. The van der Waals surface area contributed by atoms with Crippen molar-refractivity contribution in [1.82, 2.24) is 15.5 Å². The molecule has 0 radical (unpaired) electrons. The average molecular weight is 247 g/mol. The van der Waals surface area contributed by atoms with Crippen LogP contribution in [0.4, 0.5) is 0 Å². The zero-order chi connectivity index (χ0) is 13.0. The lowest BCUT2D eigenvalue weighted by Gasteiger charge is -2.16. The molecular formula is C13H17N3O2. The van der Waals surface area contributed by atoms with Gasteiger partial charge in [0.05, 0.1) is 0 Å². The molecule has 0 amide bonds. The van der Waals surface area contributed by atoms with Crippen LogP contribution < -0.4 is 10.1 Å². The van der Waals surface area contributed by atoms with Gasteiger partial charge >= 0.3 is 0 Å². The van der Waals surface area contributed by atoms with E-state index < -0.39 is 0 Å². The Kier molecular flexibility index (Phi) is 3.94. The van der Waals surface area contributed by atoms with Crippen molar-refractivity contribution in [3.63, 3.8) is 0 Å². The number of hydrogen-bond donors (Lipinski definition) is 1. The number of rotatable bonds is 5. The normalized spacial score (nSPS) is 12.4. The maximum atomic E-state index is 5.76. The number of nitrogens with one attached hydrogen (secondary N) is 1. The molecule has 0 aliphatic heterocycles. The van der Waals surface area contributed by atoms with Crippen molar-refractivity contribution in [1.29, 1.82) is 0 Å². The van der Waals surface area contributed by atoms with Gasteiger partial charge in [-0.05, 0) is 32.5 Å². The van der Waals surface area contributed by atoms with E-state index in [-0.39, 0.29) is 6.04 Å². The first-order chi connectivity index (χ1) is 8.70. The fraction of sp³-hybridized carbons (Fsp3) is 0.385. The van der Waals surface area contributed by atoms with Crippen LogP contribution in [0.1, 0.15) is 29.9 Å². The van der Waals surface area contributed by atoms with Crippen LogP contribution in [0.2, 0.25) is 0 Å². The van der Waals surface area contributed by atoms with E-state index in [2.05, 4.69) is 39.0 Å². The summed E-state index contributed by atoms with van der Waals surface area (Å²) >= 11 is 0. The van der Waals surface area contributed by atoms with Gasteiger partial charge in [0, 0.05) is 11.6 Å². The average Bonchev–Trinajstić information content (AvgIpc) is 2.88. The first-order valence-corrected chi connectivity index (χ1v) is 5.86. The number of ether oxygens (including phenoxy) is 1. The van der Waals surface area contributed by atoms with Crippen molar-refractivity contribution in [3.05, 3.63) is 41.5 Å². The third kappa shape index (κ3) is 2.87. The Labute approximate surface area is 106 Å². The van der Waals surface area contributed by atoms with Gasteiger partial charge in [0.2, 0.25) is 12.2 Å². The quantitative estimate of drug-likeness (QED) is 0.878. The summed E-state index contributed by atoms with van der Waals surface area (Å²) in [5, 5.41) is 6.93. The van der Waals surface area contributed by atoms with Crippen LogP contribution in [0, 0.1) is 6.92 Å². The second-order valence-corrected chi connectivity index (χ2v) is 4.19. The molecule has 1 unspecified atom stereocenters. The minimum Gasteiger partial charge on any atom is -0.485 e. The Balaban J connectivity index is 2.17. The molecule has 0 spiro atoms. The predicted molar refractivity (Wildman–Crippen MR) is 67.3 cm³/mol. The van der Waals surface area contributed by atoms with Gasteiger partial charge in [0.25, 0.3) is 0 Å². The molecule has 0 saturated carbocycles. The van der Waals surface area contributed by atoms with E-state index in [1.807, 2.05) is 20.0 Å². The van der Waals surface area contributed by atoms with Crippen LogP contribution >= 0.6 is 0 Å². The van der Waals surface area contributed by atoms with Crippen LogP contribution in [-0.4, -0.2) is 17.2 Å². The van der Waals surface area contributed by atoms with Crippen molar-refractivity contribution in [2.24, 2.45) is 0 Å². The van der Waals surface area contributed by atoms with E-state index in [0.717, 1.165) is 16.9 Å². The van der Waals surface area contributed by atoms with E-state index in [1.54, 1.807) is 0 Å². The second kappa shape index (κ2) is 5.64. The van der Waals surface area contributed by atoms with Crippen molar-refractivity contribution in [3.8, 4) is 5.75 Å². The molecule has 18 heavy (non-hydrogen) atoms. The van der Waals surface area contributed by atoms with Crippen molar-refractivity contribution >= 4 is 0 Å². The standard InChI is InChI=1S/C13H17N3O2/c1-9-4-5-11(10(2)14-3)12(6-9)17-7-13-15-8-18-16-13/h4-6,8,10,14H,7H2,1-3H3. The zero-order valence-corrected chi connectivity index (χ0v) is 10.8. The minimum absolute atomic E-state index is 0.228. The van der Waals surface area contributed by atoms with Crippen molar-refractivity contribution in [2.75, 3.05) is 7.05 Å². The molecule has 0 aliphatic carbocycles. The van der Waals surface area contributed by atoms with Gasteiger partial charge in [-0.2, -0.15) is 4.98 Å². The Bertz CT molecular complexity index is 497. The fourth-order valence-electron chi connectivity index (χ4n) is 1.68. The first kappa shape index (κ1) is 12.6. The molecule has 1 aromatic heterocycles. The summed E-state index contributed by atoms with van der Waals surface area (Å²) < 4.78 is 10.4. The largest absolute Gasteiger partial charge is 0.485 e. The molecule has 1 atom stereocenters.